The first-order valence-corrected chi connectivity index (χ1v) is 10.4. The fourth-order valence-electron chi connectivity index (χ4n) is 3.23. The van der Waals surface area contributed by atoms with Crippen molar-refractivity contribution in [3.05, 3.63) is 0 Å². The fourth-order valence-corrected chi connectivity index (χ4v) is 3.23. The van der Waals surface area contributed by atoms with Gasteiger partial charge in [0, 0.05) is 34.3 Å². The largest absolute Gasteiger partial charge is 0.463 e. The lowest BCUT2D eigenvalue weighted by Gasteiger charge is -2.44. The Bertz CT molecular complexity index is 613. The summed E-state index contributed by atoms with van der Waals surface area (Å²) in [6, 6.07) is -0.941. The number of nitrogens with two attached hydrogens (primary N) is 1. The molecular formula is C20H34N2O9. The van der Waals surface area contributed by atoms with E-state index in [-0.39, 0.29) is 6.61 Å². The number of ether oxygens (including phenoxy) is 5. The van der Waals surface area contributed by atoms with Crippen LogP contribution in [-0.2, 0) is 42.9 Å². The monoisotopic (exact) mass is 446 g/mol. The molecule has 0 spiro atoms. The zero-order chi connectivity index (χ0) is 23.4. The Balaban J connectivity index is 3.07. The summed E-state index contributed by atoms with van der Waals surface area (Å²) in [4.78, 5) is 46.5. The normalized spacial score (nSPS) is 25.4. The Morgan fingerprint density at radius 3 is 2.03 bits per heavy atom. The molecule has 1 aliphatic heterocycles. The van der Waals surface area contributed by atoms with Gasteiger partial charge < -0.3 is 34.7 Å². The third kappa shape index (κ3) is 10.1. The Morgan fingerprint density at radius 1 is 0.871 bits per heavy atom. The third-order valence-electron chi connectivity index (χ3n) is 4.45. The van der Waals surface area contributed by atoms with Crippen LogP contribution in [0.15, 0.2) is 0 Å². The second-order valence-corrected chi connectivity index (χ2v) is 7.29. The molecule has 0 aromatic rings. The number of esters is 3. The second kappa shape index (κ2) is 13.9. The van der Waals surface area contributed by atoms with Crippen molar-refractivity contribution in [1.29, 1.82) is 0 Å². The molecule has 1 fully saturated rings. The van der Waals surface area contributed by atoms with Crippen molar-refractivity contribution < 1.29 is 42.9 Å². The first kappa shape index (κ1) is 26.8. The molecular weight excluding hydrogens is 412 g/mol. The van der Waals surface area contributed by atoms with Crippen LogP contribution in [0.5, 0.6) is 0 Å². The van der Waals surface area contributed by atoms with E-state index in [1.807, 2.05) is 0 Å². The lowest BCUT2D eigenvalue weighted by atomic mass is 9.96. The first-order valence-electron chi connectivity index (χ1n) is 10.4. The molecule has 1 rings (SSSR count). The average Bonchev–Trinajstić information content (AvgIpc) is 2.66. The van der Waals surface area contributed by atoms with Crippen LogP contribution in [-0.4, -0.2) is 74.2 Å². The smallest absolute Gasteiger partial charge is 0.303 e. The van der Waals surface area contributed by atoms with Gasteiger partial charge in [0.1, 0.15) is 18.8 Å². The molecule has 1 aliphatic rings. The van der Waals surface area contributed by atoms with Crippen molar-refractivity contribution in [3.63, 3.8) is 0 Å². The molecule has 0 bridgehead atoms. The Labute approximate surface area is 182 Å². The van der Waals surface area contributed by atoms with Gasteiger partial charge in [0.2, 0.25) is 5.91 Å². The quantitative estimate of drug-likeness (QED) is 0.241. The summed E-state index contributed by atoms with van der Waals surface area (Å²) in [7, 11) is 0. The highest BCUT2D eigenvalue weighted by atomic mass is 16.7. The average molecular weight is 446 g/mol. The maximum Gasteiger partial charge on any atom is 0.303 e. The van der Waals surface area contributed by atoms with E-state index in [1.54, 1.807) is 0 Å². The first-order chi connectivity index (χ1) is 14.6. The van der Waals surface area contributed by atoms with Gasteiger partial charge >= 0.3 is 17.9 Å². The minimum atomic E-state index is -1.12. The highest BCUT2D eigenvalue weighted by Crippen LogP contribution is 2.28. The highest BCUT2D eigenvalue weighted by molar-refractivity contribution is 5.73. The molecule has 0 aliphatic carbocycles. The van der Waals surface area contributed by atoms with E-state index in [0.29, 0.717) is 13.2 Å². The molecule has 0 saturated carbocycles. The number of carbonyl (C=O) groups excluding carboxylic acids is 4. The van der Waals surface area contributed by atoms with Crippen LogP contribution in [0.4, 0.5) is 0 Å². The van der Waals surface area contributed by atoms with Crippen LogP contribution in [0, 0.1) is 0 Å². The topological polar surface area (TPSA) is 152 Å². The minimum absolute atomic E-state index is 0.256. The fraction of sp³-hybridized carbons (Fsp3) is 0.800. The van der Waals surface area contributed by atoms with Crippen molar-refractivity contribution in [2.45, 2.75) is 84.0 Å². The van der Waals surface area contributed by atoms with Crippen LogP contribution in [0.1, 0.15) is 53.4 Å². The van der Waals surface area contributed by atoms with Gasteiger partial charge in [-0.05, 0) is 19.4 Å². The molecule has 0 aromatic heterocycles. The van der Waals surface area contributed by atoms with E-state index in [0.717, 1.165) is 25.7 Å². The van der Waals surface area contributed by atoms with E-state index >= 15 is 0 Å². The van der Waals surface area contributed by atoms with E-state index in [4.69, 9.17) is 29.4 Å². The summed E-state index contributed by atoms with van der Waals surface area (Å²) in [6.07, 6.45) is -0.719. The summed E-state index contributed by atoms with van der Waals surface area (Å²) in [6.45, 7) is 5.58. The molecule has 3 N–H and O–H groups in total. The van der Waals surface area contributed by atoms with Crippen molar-refractivity contribution >= 4 is 23.8 Å². The number of unbranched alkanes of at least 4 members (excludes halogenated alkanes) is 3. The predicted octanol–water partition coefficient (Wildman–Crippen LogP) is 0.178. The maximum atomic E-state index is 11.8. The second-order valence-electron chi connectivity index (χ2n) is 7.29. The van der Waals surface area contributed by atoms with Gasteiger partial charge in [0.15, 0.2) is 18.5 Å². The molecule has 0 aromatic carbocycles. The highest BCUT2D eigenvalue weighted by Gasteiger charge is 2.51. The van der Waals surface area contributed by atoms with E-state index in [9.17, 15) is 19.2 Å². The Morgan fingerprint density at radius 2 is 1.48 bits per heavy atom. The van der Waals surface area contributed by atoms with Crippen LogP contribution in [0.2, 0.25) is 0 Å². The summed E-state index contributed by atoms with van der Waals surface area (Å²) >= 11 is 0. The molecule has 11 nitrogen and oxygen atoms in total. The summed E-state index contributed by atoms with van der Waals surface area (Å²) in [5, 5.41) is 2.66. The SMILES string of the molecule is CC(=O)NC1C(OC(C)=O)[C@@H](OC(C)=O)C(COC(C)=O)O[C@H]1OCCCCCCN. The summed E-state index contributed by atoms with van der Waals surface area (Å²) in [5.41, 5.74) is 5.49. The minimum Gasteiger partial charge on any atom is -0.463 e. The zero-order valence-corrected chi connectivity index (χ0v) is 18.6. The van der Waals surface area contributed by atoms with Crippen LogP contribution >= 0.6 is 0 Å². The Hall–Kier alpha value is -2.24. The van der Waals surface area contributed by atoms with Crippen LogP contribution in [0.25, 0.3) is 0 Å². The molecule has 1 saturated heterocycles. The van der Waals surface area contributed by atoms with Crippen molar-refractivity contribution in [2.24, 2.45) is 5.73 Å². The number of hydrogen-bond acceptors (Lipinski definition) is 10. The number of amides is 1. The van der Waals surface area contributed by atoms with Crippen molar-refractivity contribution in [2.75, 3.05) is 19.8 Å². The van der Waals surface area contributed by atoms with Gasteiger partial charge in [-0.25, -0.2) is 0 Å². The van der Waals surface area contributed by atoms with E-state index in [2.05, 4.69) is 5.32 Å². The van der Waals surface area contributed by atoms with Crippen LogP contribution in [0.3, 0.4) is 0 Å². The third-order valence-corrected chi connectivity index (χ3v) is 4.45. The molecule has 178 valence electrons. The van der Waals surface area contributed by atoms with E-state index < -0.39 is 54.5 Å². The van der Waals surface area contributed by atoms with Gasteiger partial charge in [-0.3, -0.25) is 19.2 Å². The molecule has 0 radical (unpaired) electrons. The van der Waals surface area contributed by atoms with Gasteiger partial charge in [0.05, 0.1) is 0 Å². The zero-order valence-electron chi connectivity index (χ0n) is 18.6. The van der Waals surface area contributed by atoms with Gasteiger partial charge in [-0.2, -0.15) is 0 Å². The molecule has 3 unspecified atom stereocenters. The van der Waals surface area contributed by atoms with Crippen molar-refractivity contribution in [3.8, 4) is 0 Å². The predicted molar refractivity (Wildman–Crippen MR) is 107 cm³/mol. The lowest BCUT2D eigenvalue weighted by Crippen LogP contribution is -2.66. The maximum absolute atomic E-state index is 11.8. The number of rotatable bonds is 12. The van der Waals surface area contributed by atoms with Gasteiger partial charge in [-0.15, -0.1) is 0 Å². The molecule has 31 heavy (non-hydrogen) atoms. The van der Waals surface area contributed by atoms with Gasteiger partial charge in [0.25, 0.3) is 0 Å². The van der Waals surface area contributed by atoms with Crippen molar-refractivity contribution in [1.82, 2.24) is 5.32 Å². The van der Waals surface area contributed by atoms with E-state index in [1.165, 1.54) is 27.7 Å². The lowest BCUT2D eigenvalue weighted by molar-refractivity contribution is -0.277. The number of carbonyl (C=O) groups is 4. The van der Waals surface area contributed by atoms with Gasteiger partial charge in [-0.1, -0.05) is 12.8 Å². The summed E-state index contributed by atoms with van der Waals surface area (Å²) in [5.74, 6) is -2.27. The summed E-state index contributed by atoms with van der Waals surface area (Å²) < 4.78 is 27.5. The molecule has 1 amide bonds. The molecule has 5 atom stereocenters. The molecule has 11 heteroatoms. The van der Waals surface area contributed by atoms with Crippen LogP contribution < -0.4 is 11.1 Å². The molecule has 1 heterocycles. The number of hydrogen-bond donors (Lipinski definition) is 2. The Kier molecular flexibility index (Phi) is 12.1. The standard InChI is InChI=1S/C20H34N2O9/c1-12(23)22-17-19(30-15(4)26)18(29-14(3)25)16(11-28-13(2)24)31-20(17)27-10-8-6-5-7-9-21/h16-20H,5-11,21H2,1-4H3,(H,22,23)/t16?,17?,18-,19?,20+/m0/s1. The number of nitrogens with one attached hydrogen (secondary N) is 1.